The molecule has 0 radical (unpaired) electrons. The Morgan fingerprint density at radius 2 is 2.42 bits per heavy atom. The topological polar surface area (TPSA) is 46.6 Å². The van der Waals surface area contributed by atoms with Gasteiger partial charge in [0.15, 0.2) is 5.78 Å². The molecular weight excluding hydrogens is 226 g/mol. The zero-order valence-electron chi connectivity index (χ0n) is 6.54. The molecule has 0 bridgehead atoms. The summed E-state index contributed by atoms with van der Waals surface area (Å²) in [6.07, 6.45) is 1.34. The molecule has 0 atom stereocenters. The van der Waals surface area contributed by atoms with E-state index in [4.69, 9.17) is 0 Å². The van der Waals surface area contributed by atoms with Crippen LogP contribution in [0.5, 0.6) is 0 Å². The number of ketones is 1. The van der Waals surface area contributed by atoms with Gasteiger partial charge < -0.3 is 4.74 Å². The number of ether oxygens (including phenoxy) is 1. The number of carbonyl (C=O) groups excluding carboxylic acids is 2. The fraction of sp³-hybridized carbons (Fsp3) is 0.429. The molecule has 0 spiro atoms. The Hall–Kier alpha value is -0.840. The Bertz CT molecular complexity index is 249. The quantitative estimate of drug-likeness (QED) is 0.633. The number of halogens is 1. The van der Waals surface area contributed by atoms with Crippen LogP contribution in [0.15, 0.2) is 10.7 Å². The van der Waals surface area contributed by atoms with E-state index in [9.17, 15) is 9.59 Å². The first-order valence-electron chi connectivity index (χ1n) is 3.40. The second-order valence-electron chi connectivity index (χ2n) is 2.31. The molecule has 0 unspecified atom stereocenters. The van der Waals surface area contributed by atoms with Gasteiger partial charge in [0.25, 0.3) is 0 Å². The van der Waals surface area contributed by atoms with Gasteiger partial charge in [0.05, 0.1) is 11.6 Å². The molecule has 1 aliphatic rings. The molecule has 0 fully saturated rings. The minimum Gasteiger partial charge on any atom is -0.452 e. The van der Waals surface area contributed by atoms with Crippen LogP contribution in [0, 0.1) is 0 Å². The third-order valence-corrected chi connectivity index (χ3v) is 2.17. The number of Topliss-reactive ketones (excluding diaryl/α,β-unsaturated/α-hetero) is 1. The van der Waals surface area contributed by atoms with E-state index in [1.807, 2.05) is 0 Å². The molecule has 66 valence electrons. The average molecular weight is 234 g/mol. The van der Waals surface area contributed by atoms with Gasteiger partial charge in [-0.3, -0.25) is 9.69 Å². The van der Waals surface area contributed by atoms with Crippen LogP contribution in [0.3, 0.4) is 0 Å². The first kappa shape index (κ1) is 9.25. The van der Waals surface area contributed by atoms with E-state index in [2.05, 4.69) is 20.7 Å². The van der Waals surface area contributed by atoms with E-state index >= 15 is 0 Å². The molecule has 0 aromatic heterocycles. The predicted molar refractivity (Wildman–Crippen MR) is 45.7 cm³/mol. The minimum absolute atomic E-state index is 0.00940. The largest absolute Gasteiger partial charge is 0.452 e. The zero-order chi connectivity index (χ0) is 9.14. The Morgan fingerprint density at radius 3 is 2.92 bits per heavy atom. The summed E-state index contributed by atoms with van der Waals surface area (Å²) < 4.78 is 4.90. The van der Waals surface area contributed by atoms with E-state index in [0.29, 0.717) is 17.4 Å². The van der Waals surface area contributed by atoms with Gasteiger partial charge in [0.2, 0.25) is 0 Å². The van der Waals surface area contributed by atoms with Gasteiger partial charge in [-0.25, -0.2) is 4.79 Å². The lowest BCUT2D eigenvalue weighted by molar-refractivity contribution is -0.115. The number of methoxy groups -OCH3 is 1. The zero-order valence-corrected chi connectivity index (χ0v) is 8.13. The van der Waals surface area contributed by atoms with E-state index in [1.165, 1.54) is 18.2 Å². The fourth-order valence-electron chi connectivity index (χ4n) is 0.876. The van der Waals surface area contributed by atoms with Gasteiger partial charge in [-0.15, -0.1) is 0 Å². The summed E-state index contributed by atoms with van der Waals surface area (Å²) in [7, 11) is 1.31. The number of hydrogen-bond acceptors (Lipinski definition) is 3. The number of carbonyl (C=O) groups is 2. The van der Waals surface area contributed by atoms with Crippen LogP contribution in [0.1, 0.15) is 6.42 Å². The van der Waals surface area contributed by atoms with Gasteiger partial charge in [0, 0.05) is 19.2 Å². The fourth-order valence-corrected chi connectivity index (χ4v) is 1.32. The Balaban J connectivity index is 2.72. The van der Waals surface area contributed by atoms with Crippen molar-refractivity contribution in [2.24, 2.45) is 0 Å². The Morgan fingerprint density at radius 1 is 1.75 bits per heavy atom. The van der Waals surface area contributed by atoms with Crippen molar-refractivity contribution in [3.63, 3.8) is 0 Å². The molecule has 0 saturated heterocycles. The van der Waals surface area contributed by atoms with Gasteiger partial charge >= 0.3 is 6.09 Å². The molecule has 0 aromatic rings. The maximum Gasteiger partial charge on any atom is 0.413 e. The molecule has 4 nitrogen and oxygen atoms in total. The van der Waals surface area contributed by atoms with Crippen molar-refractivity contribution < 1.29 is 14.3 Å². The normalized spacial score (nSPS) is 17.3. The lowest BCUT2D eigenvalue weighted by Gasteiger charge is -2.20. The molecule has 1 heterocycles. The number of hydrogen-bond donors (Lipinski definition) is 0. The molecule has 0 aliphatic carbocycles. The number of amides is 1. The second kappa shape index (κ2) is 3.71. The van der Waals surface area contributed by atoms with Crippen molar-refractivity contribution in [1.82, 2.24) is 4.90 Å². The molecule has 1 amide bonds. The SMILES string of the molecule is COC(=O)N1C=C(Br)C(=O)CC1. The van der Waals surface area contributed by atoms with E-state index < -0.39 is 6.09 Å². The number of allylic oxidation sites excluding steroid dienone is 1. The van der Waals surface area contributed by atoms with Crippen molar-refractivity contribution >= 4 is 27.8 Å². The number of nitrogens with zero attached hydrogens (tertiary/aromatic N) is 1. The number of rotatable bonds is 0. The van der Waals surface area contributed by atoms with Gasteiger partial charge in [0.1, 0.15) is 0 Å². The summed E-state index contributed by atoms with van der Waals surface area (Å²) >= 11 is 3.05. The minimum atomic E-state index is -0.445. The van der Waals surface area contributed by atoms with Crippen LogP contribution in [0.4, 0.5) is 4.79 Å². The summed E-state index contributed by atoms with van der Waals surface area (Å²) in [5, 5.41) is 0. The molecule has 1 aliphatic heterocycles. The van der Waals surface area contributed by atoms with Crippen molar-refractivity contribution in [2.75, 3.05) is 13.7 Å². The summed E-state index contributed by atoms with van der Waals surface area (Å²) in [5.41, 5.74) is 0. The summed E-state index contributed by atoms with van der Waals surface area (Å²) in [6.45, 7) is 0.389. The van der Waals surface area contributed by atoms with Crippen molar-refractivity contribution in [3.8, 4) is 0 Å². The lowest BCUT2D eigenvalue weighted by atomic mass is 10.2. The van der Waals surface area contributed by atoms with Crippen molar-refractivity contribution in [2.45, 2.75) is 6.42 Å². The summed E-state index contributed by atoms with van der Waals surface area (Å²) in [4.78, 5) is 23.3. The molecule has 0 aromatic carbocycles. The first-order valence-corrected chi connectivity index (χ1v) is 4.19. The summed E-state index contributed by atoms with van der Waals surface area (Å²) in [5.74, 6) is 0.00940. The molecular formula is C7H8BrNO3. The Labute approximate surface area is 78.3 Å². The lowest BCUT2D eigenvalue weighted by Crippen LogP contribution is -2.31. The molecule has 5 heteroatoms. The highest BCUT2D eigenvalue weighted by atomic mass is 79.9. The van der Waals surface area contributed by atoms with Crippen molar-refractivity contribution in [1.29, 1.82) is 0 Å². The van der Waals surface area contributed by atoms with Gasteiger partial charge in [-0.2, -0.15) is 0 Å². The smallest absolute Gasteiger partial charge is 0.413 e. The van der Waals surface area contributed by atoms with Crippen molar-refractivity contribution in [3.05, 3.63) is 10.7 Å². The third kappa shape index (κ3) is 1.85. The highest BCUT2D eigenvalue weighted by Gasteiger charge is 2.20. The van der Waals surface area contributed by atoms with Crippen LogP contribution < -0.4 is 0 Å². The standard InChI is InChI=1S/C7H8BrNO3/c1-12-7(11)9-3-2-6(10)5(8)4-9/h4H,2-3H2,1H3. The average Bonchev–Trinajstić information content (AvgIpc) is 2.08. The van der Waals surface area contributed by atoms with E-state index in [0.717, 1.165) is 0 Å². The second-order valence-corrected chi connectivity index (χ2v) is 3.17. The predicted octanol–water partition coefficient (Wildman–Crippen LogP) is 1.26. The Kier molecular flexibility index (Phi) is 2.86. The first-order chi connectivity index (χ1) is 5.65. The van der Waals surface area contributed by atoms with Crippen LogP contribution in [-0.2, 0) is 9.53 Å². The van der Waals surface area contributed by atoms with Crippen LogP contribution in [-0.4, -0.2) is 30.4 Å². The maximum atomic E-state index is 11.0. The molecule has 1 rings (SSSR count). The highest BCUT2D eigenvalue weighted by molar-refractivity contribution is 9.12. The highest BCUT2D eigenvalue weighted by Crippen LogP contribution is 2.16. The molecule has 0 N–H and O–H groups in total. The van der Waals surface area contributed by atoms with Crippen LogP contribution in [0.2, 0.25) is 0 Å². The molecule has 12 heavy (non-hydrogen) atoms. The van der Waals surface area contributed by atoms with Crippen LogP contribution in [0.25, 0.3) is 0 Å². The maximum absolute atomic E-state index is 11.0. The molecule has 0 saturated carbocycles. The summed E-state index contributed by atoms with van der Waals surface area (Å²) in [6, 6.07) is 0. The monoisotopic (exact) mass is 233 g/mol. The van der Waals surface area contributed by atoms with Gasteiger partial charge in [-0.1, -0.05) is 0 Å². The van der Waals surface area contributed by atoms with E-state index in [1.54, 1.807) is 0 Å². The van der Waals surface area contributed by atoms with Gasteiger partial charge in [-0.05, 0) is 15.9 Å². The third-order valence-electron chi connectivity index (χ3n) is 1.52. The van der Waals surface area contributed by atoms with Crippen LogP contribution >= 0.6 is 15.9 Å². The van der Waals surface area contributed by atoms with E-state index in [-0.39, 0.29) is 5.78 Å².